The molecule has 0 aliphatic carbocycles. The maximum absolute atomic E-state index is 13.2. The molecule has 0 fully saturated rings. The Balaban J connectivity index is 0.00000103. The van der Waals surface area contributed by atoms with Gasteiger partial charge in [0.05, 0.1) is 21.9 Å². The van der Waals surface area contributed by atoms with Crippen molar-refractivity contribution in [1.82, 2.24) is 25.3 Å². The molecule has 5 atom stereocenters. The summed E-state index contributed by atoms with van der Waals surface area (Å²) in [4.78, 5) is 48.2. The number of amides is 3. The summed E-state index contributed by atoms with van der Waals surface area (Å²) >= 11 is 14.6. The van der Waals surface area contributed by atoms with Gasteiger partial charge < -0.3 is 39.5 Å². The van der Waals surface area contributed by atoms with Gasteiger partial charge in [-0.2, -0.15) is 8.78 Å². The van der Waals surface area contributed by atoms with Crippen molar-refractivity contribution in [2.45, 2.75) is 204 Å². The van der Waals surface area contributed by atoms with Gasteiger partial charge in [-0.15, -0.1) is 106 Å². The predicted molar refractivity (Wildman–Crippen MR) is 379 cm³/mol. The number of rotatable bonds is 0. The van der Waals surface area contributed by atoms with E-state index in [2.05, 4.69) is 145 Å². The number of thiol groups is 1. The summed E-state index contributed by atoms with van der Waals surface area (Å²) in [6.45, 7) is 36.7. The minimum atomic E-state index is -0.503. The van der Waals surface area contributed by atoms with E-state index in [1.54, 1.807) is 45.4 Å². The van der Waals surface area contributed by atoms with E-state index in [9.17, 15) is 23.2 Å². The average molecular weight is 1410 g/mol. The van der Waals surface area contributed by atoms with Gasteiger partial charge in [-0.1, -0.05) is 7.43 Å². The number of fused-ring (bicyclic) bond motifs is 5. The SMILES string of the molecule is C.C#C.C#CC.CC#CC.C[C@@H]1c2cc(Br)sc2CCN1C(=O)OC(C)(C)C.C[C@@H]1c2cc(F)sc2CCN1C(=O)OC(C)(C)C.C[C@@H]1c2ccsc2CCN1C(=O)OC(C)(C)C.C[C@H]1NCCc2sc(F)cc21.C[C@H]1NCCc2sccc21.Cl.[B]=NS. The van der Waals surface area contributed by atoms with E-state index >= 15 is 0 Å². The molecule has 487 valence electrons. The standard InChI is InChI=1S/C13H18BrNO2S.C13H18FNO2S.C13H19NO2S.C8H10FNS.C8H11NS.C4H6.C3H4.C2H2.CH4.BHNS.ClH/c2*1-8-9-7-11(14)18-10(9)5-6-15(8)12(16)17-13(2,3)4;1-9-10-6-8-17-11(10)5-7-14(9)12(15)16-13(2,3)4;1-5-6-4-8(9)11-7(6)2-3-10-5;1-6-7-3-5-10-8(7)2-4-9-6;1-3-4-2;1-3-2;1-2;;1-2-3;/h2*7-8H,5-6H2,1-4H3;6,8-9H,5,7H2,1-4H3;4-5,10H,2-3H2,1H3;3,5-6,9H,2,4H2,1H3;1-2H3;1H,2H3;1-2H;1H4;3H;1H/t2*8-;9-;5-;6-;;;;;;/m11111....../s1. The number of nitrogens with one attached hydrogen (secondary N) is 2. The molecule has 1 radical (unpaired) electrons. The van der Waals surface area contributed by atoms with E-state index in [1.165, 1.54) is 66.5 Å². The molecular formula is C65H94BBrClF2N6O6S6. The fourth-order valence-electron chi connectivity index (χ4n) is 9.24. The Morgan fingerprint density at radius 3 is 1.28 bits per heavy atom. The van der Waals surface area contributed by atoms with Gasteiger partial charge in [-0.3, -0.25) is 0 Å². The zero-order valence-electron chi connectivity index (χ0n) is 53.6. The van der Waals surface area contributed by atoms with Crippen LogP contribution in [0.5, 0.6) is 0 Å². The molecule has 23 heteroatoms. The number of halogens is 4. The monoisotopic (exact) mass is 1410 g/mol. The molecule has 10 heterocycles. The normalized spacial score (nSPS) is 18.0. The molecule has 5 aliphatic heterocycles. The van der Waals surface area contributed by atoms with Gasteiger partial charge in [0.1, 0.15) is 16.8 Å². The van der Waals surface area contributed by atoms with Gasteiger partial charge in [0.25, 0.3) is 0 Å². The third kappa shape index (κ3) is 27.7. The molecule has 5 aromatic rings. The molecule has 5 aromatic heterocycles. The number of thiophene rings is 5. The predicted octanol–water partition coefficient (Wildman–Crippen LogP) is 18.9. The van der Waals surface area contributed by atoms with Crippen LogP contribution in [-0.4, -0.2) is 90.1 Å². The number of carbonyl (C=O) groups excluding carboxylic acids is 3. The van der Waals surface area contributed by atoms with Crippen molar-refractivity contribution in [3.63, 3.8) is 0 Å². The second kappa shape index (κ2) is 40.6. The topological polar surface area (TPSA) is 125 Å². The maximum atomic E-state index is 13.2. The van der Waals surface area contributed by atoms with Crippen molar-refractivity contribution in [3.05, 3.63) is 107 Å². The molecule has 12 nitrogen and oxygen atoms in total. The zero-order valence-corrected chi connectivity index (χ0v) is 61.0. The van der Waals surface area contributed by atoms with Crippen LogP contribution in [0.1, 0.15) is 208 Å². The molecule has 0 bridgehead atoms. The van der Waals surface area contributed by atoms with Gasteiger partial charge >= 0.3 is 43.0 Å². The van der Waals surface area contributed by atoms with Crippen LogP contribution >= 0.6 is 97.8 Å². The molecule has 2 N–H and O–H groups in total. The third-order valence-corrected chi connectivity index (χ3v) is 18.9. The van der Waals surface area contributed by atoms with Crippen LogP contribution in [0.25, 0.3) is 0 Å². The molecule has 0 spiro atoms. The summed E-state index contributed by atoms with van der Waals surface area (Å²) < 4.78 is 46.1. The van der Waals surface area contributed by atoms with Gasteiger partial charge in [0, 0.05) is 75.6 Å². The Kier molecular flexibility index (Phi) is 38.6. The van der Waals surface area contributed by atoms with E-state index in [0.29, 0.717) is 25.0 Å². The van der Waals surface area contributed by atoms with Crippen molar-refractivity contribution >= 4 is 124 Å². The average Bonchev–Trinajstić information content (AvgIpc) is 4.38. The Hall–Kier alpha value is -4.25. The number of ether oxygens (including phenoxy) is 3. The van der Waals surface area contributed by atoms with E-state index in [4.69, 9.17) is 14.2 Å². The van der Waals surface area contributed by atoms with Gasteiger partial charge in [-0.25, -0.2) is 14.4 Å². The van der Waals surface area contributed by atoms with Crippen LogP contribution in [0.2, 0.25) is 0 Å². The van der Waals surface area contributed by atoms with Gasteiger partial charge in [0.2, 0.25) is 0 Å². The molecule has 0 aromatic carbocycles. The Labute approximate surface area is 567 Å². The van der Waals surface area contributed by atoms with Crippen LogP contribution in [0, 0.1) is 47.3 Å². The number of hydrogen-bond acceptors (Lipinski definition) is 15. The summed E-state index contributed by atoms with van der Waals surface area (Å²) in [5.74, 6) is 7.61. The molecule has 10 rings (SSSR count). The number of nitrogens with zero attached hydrogens (tertiary/aromatic N) is 4. The van der Waals surface area contributed by atoms with E-state index in [-0.39, 0.29) is 66.5 Å². The minimum absolute atomic E-state index is 0. The van der Waals surface area contributed by atoms with Crippen molar-refractivity contribution in [1.29, 1.82) is 0 Å². The Morgan fingerprint density at radius 1 is 0.602 bits per heavy atom. The summed E-state index contributed by atoms with van der Waals surface area (Å²) in [6.07, 6.45) is 16.6. The second-order valence-corrected chi connectivity index (χ2v) is 29.9. The molecule has 3 amide bonds. The number of terminal acetylenes is 2. The Morgan fingerprint density at radius 2 is 0.909 bits per heavy atom. The molecule has 0 saturated heterocycles. The summed E-state index contributed by atoms with van der Waals surface area (Å²) in [7, 11) is 4.34. The van der Waals surface area contributed by atoms with E-state index in [1.807, 2.05) is 104 Å². The zero-order chi connectivity index (χ0) is 65.3. The molecule has 88 heavy (non-hydrogen) atoms. The van der Waals surface area contributed by atoms with Crippen LogP contribution in [0.3, 0.4) is 0 Å². The van der Waals surface area contributed by atoms with Crippen LogP contribution in [0.15, 0.2) is 49.2 Å². The van der Waals surface area contributed by atoms with Crippen molar-refractivity contribution in [3.8, 4) is 37.0 Å². The van der Waals surface area contributed by atoms with E-state index < -0.39 is 16.8 Å². The summed E-state index contributed by atoms with van der Waals surface area (Å²) in [5, 5.41) is 10.8. The first kappa shape index (κ1) is 83.8. The van der Waals surface area contributed by atoms with Crippen molar-refractivity contribution in [2.24, 2.45) is 4.30 Å². The molecule has 0 unspecified atom stereocenters. The first-order valence-electron chi connectivity index (χ1n) is 28.3. The first-order valence-corrected chi connectivity index (χ1v) is 33.7. The van der Waals surface area contributed by atoms with Crippen LogP contribution in [0.4, 0.5) is 23.2 Å². The quantitative estimate of drug-likeness (QED) is 0.0606. The second-order valence-electron chi connectivity index (χ2n) is 22.9. The van der Waals surface area contributed by atoms with E-state index in [0.717, 1.165) is 65.2 Å². The molecule has 5 aliphatic rings. The number of carbonyl (C=O) groups is 3. The van der Waals surface area contributed by atoms with Crippen molar-refractivity contribution in [2.75, 3.05) is 32.7 Å². The van der Waals surface area contributed by atoms with Gasteiger partial charge in [0.15, 0.2) is 10.3 Å². The first-order chi connectivity index (χ1) is 40.3. The fourth-order valence-corrected chi connectivity index (χ4v) is 14.9. The molecular weight excluding hydrogens is 1320 g/mol. The summed E-state index contributed by atoms with van der Waals surface area (Å²) in [6, 6.07) is 10.6. The van der Waals surface area contributed by atoms with Crippen LogP contribution < -0.4 is 10.6 Å². The summed E-state index contributed by atoms with van der Waals surface area (Å²) in [5.41, 5.74) is 4.72. The number of hydrogen-bond donors (Lipinski definition) is 3. The Bertz CT molecular complexity index is 2960. The van der Waals surface area contributed by atoms with Crippen molar-refractivity contribution < 1.29 is 37.4 Å². The molecule has 0 saturated carbocycles. The third-order valence-electron chi connectivity index (χ3n) is 13.2. The van der Waals surface area contributed by atoms with Crippen LogP contribution in [-0.2, 0) is 46.3 Å². The fraction of sp³-hybridized carbons (Fsp3) is 0.554. The van der Waals surface area contributed by atoms with Gasteiger partial charge in [-0.05, 0) is 228 Å².